The summed E-state index contributed by atoms with van der Waals surface area (Å²) < 4.78 is 1.54. The van der Waals surface area contributed by atoms with E-state index in [0.29, 0.717) is 23.5 Å². The Morgan fingerprint density at radius 2 is 1.93 bits per heavy atom. The molecular weight excluding hydrogens is 346 g/mol. The molecule has 3 amide bonds. The summed E-state index contributed by atoms with van der Waals surface area (Å²) in [6, 6.07) is 6.77. The van der Waals surface area contributed by atoms with Crippen LogP contribution < -0.4 is 10.6 Å². The first kappa shape index (κ1) is 18.9. The van der Waals surface area contributed by atoms with Crippen molar-refractivity contribution in [3.8, 4) is 0 Å². The number of aliphatic hydroxyl groups excluding tert-OH is 1. The summed E-state index contributed by atoms with van der Waals surface area (Å²) in [6.45, 7) is 3.23. The molecule has 27 heavy (non-hydrogen) atoms. The Hall–Kier alpha value is -2.87. The van der Waals surface area contributed by atoms with Gasteiger partial charge in [-0.15, -0.1) is 0 Å². The fourth-order valence-corrected chi connectivity index (χ4v) is 3.21. The molecule has 2 aromatic rings. The number of piperidine rings is 1. The summed E-state index contributed by atoms with van der Waals surface area (Å²) in [6.07, 6.45) is 6.40. The van der Waals surface area contributed by atoms with Gasteiger partial charge >= 0.3 is 6.03 Å². The predicted octanol–water partition coefficient (Wildman–Crippen LogP) is 2.53. The number of hydrogen-bond acceptors (Lipinski definition) is 4. The van der Waals surface area contributed by atoms with Crippen molar-refractivity contribution in [3.05, 3.63) is 42.2 Å². The maximum absolute atomic E-state index is 12.6. The first-order chi connectivity index (χ1) is 13.1. The van der Waals surface area contributed by atoms with Gasteiger partial charge in [0.2, 0.25) is 0 Å². The Balaban J connectivity index is 1.56. The van der Waals surface area contributed by atoms with Crippen LogP contribution in [0.15, 0.2) is 36.7 Å². The second-order valence-corrected chi connectivity index (χ2v) is 6.72. The highest BCUT2D eigenvalue weighted by atomic mass is 16.3. The van der Waals surface area contributed by atoms with Crippen LogP contribution in [0.4, 0.5) is 16.2 Å². The number of carbonyl (C=O) groups is 2. The van der Waals surface area contributed by atoms with E-state index in [2.05, 4.69) is 22.7 Å². The number of anilines is 2. The third-order valence-corrected chi connectivity index (χ3v) is 4.67. The zero-order valence-electron chi connectivity index (χ0n) is 15.4. The van der Waals surface area contributed by atoms with Crippen LogP contribution in [-0.2, 0) is 6.54 Å². The summed E-state index contributed by atoms with van der Waals surface area (Å²) in [5.41, 5.74) is 1.75. The maximum Gasteiger partial charge on any atom is 0.323 e. The van der Waals surface area contributed by atoms with Gasteiger partial charge in [-0.1, -0.05) is 0 Å². The molecule has 0 bridgehead atoms. The molecule has 3 rings (SSSR count). The molecule has 0 spiro atoms. The maximum atomic E-state index is 12.6. The van der Waals surface area contributed by atoms with E-state index in [-0.39, 0.29) is 18.6 Å². The van der Waals surface area contributed by atoms with Gasteiger partial charge < -0.3 is 20.6 Å². The second-order valence-electron chi connectivity index (χ2n) is 6.72. The molecule has 144 valence electrons. The summed E-state index contributed by atoms with van der Waals surface area (Å²) in [7, 11) is 0. The molecule has 1 aliphatic heterocycles. The highest BCUT2D eigenvalue weighted by Crippen LogP contribution is 2.20. The number of hydrogen-bond donors (Lipinski definition) is 3. The van der Waals surface area contributed by atoms with Gasteiger partial charge in [0.25, 0.3) is 5.91 Å². The monoisotopic (exact) mass is 371 g/mol. The van der Waals surface area contributed by atoms with Crippen LogP contribution in [0, 0.1) is 0 Å². The first-order valence-corrected chi connectivity index (χ1v) is 9.19. The van der Waals surface area contributed by atoms with Gasteiger partial charge in [-0.2, -0.15) is 5.10 Å². The fourth-order valence-electron chi connectivity index (χ4n) is 3.21. The number of carbonyl (C=O) groups excluding carboxylic acids is 2. The minimum atomic E-state index is -0.401. The molecular formula is C19H25N5O3. The number of nitrogens with one attached hydrogen (secondary N) is 2. The summed E-state index contributed by atoms with van der Waals surface area (Å²) in [4.78, 5) is 26.6. The molecule has 8 nitrogen and oxygen atoms in total. The highest BCUT2D eigenvalue weighted by molar-refractivity contribution is 6.00. The number of benzene rings is 1. The fraction of sp³-hybridized carbons (Fsp3) is 0.421. The van der Waals surface area contributed by atoms with Gasteiger partial charge in [0.1, 0.15) is 0 Å². The Bertz CT molecular complexity index is 787. The van der Waals surface area contributed by atoms with E-state index in [1.165, 1.54) is 17.3 Å². The van der Waals surface area contributed by atoms with Gasteiger partial charge in [0.05, 0.1) is 25.0 Å². The van der Waals surface area contributed by atoms with E-state index in [1.807, 2.05) is 4.90 Å². The standard InChI is InChI=1S/C19H25N5O3/c1-14-4-2-3-9-24(14)18(26)15-5-7-16(8-6-15)21-19(27)22-17-12-20-23(13-17)10-11-25/h5-8,12-14,25H,2-4,9-11H2,1H3,(H2,21,22,27). The number of nitrogens with zero attached hydrogens (tertiary/aromatic N) is 3. The van der Waals surface area contributed by atoms with Crippen molar-refractivity contribution in [2.24, 2.45) is 0 Å². The number of rotatable bonds is 5. The van der Waals surface area contributed by atoms with Crippen LogP contribution in [0.1, 0.15) is 36.5 Å². The molecule has 0 radical (unpaired) electrons. The molecule has 1 atom stereocenters. The number of aliphatic hydroxyl groups is 1. The average Bonchev–Trinajstić information content (AvgIpc) is 3.09. The van der Waals surface area contributed by atoms with Gasteiger partial charge in [0, 0.05) is 30.0 Å². The van der Waals surface area contributed by atoms with E-state index in [9.17, 15) is 9.59 Å². The topological polar surface area (TPSA) is 99.5 Å². The van der Waals surface area contributed by atoms with Crippen molar-refractivity contribution in [2.45, 2.75) is 38.8 Å². The van der Waals surface area contributed by atoms with Crippen molar-refractivity contribution in [3.63, 3.8) is 0 Å². The smallest absolute Gasteiger partial charge is 0.323 e. The van der Waals surface area contributed by atoms with Crippen LogP contribution >= 0.6 is 0 Å². The van der Waals surface area contributed by atoms with Crippen molar-refractivity contribution in [1.82, 2.24) is 14.7 Å². The number of urea groups is 1. The normalized spacial score (nSPS) is 16.8. The van der Waals surface area contributed by atoms with Crippen molar-refractivity contribution in [1.29, 1.82) is 0 Å². The first-order valence-electron chi connectivity index (χ1n) is 9.19. The van der Waals surface area contributed by atoms with Crippen LogP contribution in [-0.4, -0.2) is 50.9 Å². The Morgan fingerprint density at radius 3 is 2.63 bits per heavy atom. The molecule has 0 saturated carbocycles. The third-order valence-electron chi connectivity index (χ3n) is 4.67. The molecule has 2 heterocycles. The van der Waals surface area contributed by atoms with Crippen molar-refractivity contribution in [2.75, 3.05) is 23.8 Å². The predicted molar refractivity (Wildman–Crippen MR) is 103 cm³/mol. The zero-order valence-corrected chi connectivity index (χ0v) is 15.4. The second kappa shape index (κ2) is 8.68. The van der Waals surface area contributed by atoms with Gasteiger partial charge in [0.15, 0.2) is 0 Å². The number of likely N-dealkylation sites (tertiary alicyclic amines) is 1. The van der Waals surface area contributed by atoms with Crippen molar-refractivity contribution < 1.29 is 14.7 Å². The van der Waals surface area contributed by atoms with Gasteiger partial charge in [-0.05, 0) is 50.5 Å². The van der Waals surface area contributed by atoms with Crippen molar-refractivity contribution >= 4 is 23.3 Å². The summed E-state index contributed by atoms with van der Waals surface area (Å²) >= 11 is 0. The Labute approximate surface area is 158 Å². The van der Waals surface area contributed by atoms with Crippen LogP contribution in [0.5, 0.6) is 0 Å². The Morgan fingerprint density at radius 1 is 1.19 bits per heavy atom. The molecule has 1 fully saturated rings. The molecule has 8 heteroatoms. The average molecular weight is 371 g/mol. The SMILES string of the molecule is CC1CCCCN1C(=O)c1ccc(NC(=O)Nc2cnn(CCO)c2)cc1. The largest absolute Gasteiger partial charge is 0.394 e. The molecule has 3 N–H and O–H groups in total. The molecule has 1 aromatic heterocycles. The zero-order chi connectivity index (χ0) is 19.2. The summed E-state index contributed by atoms with van der Waals surface area (Å²) in [5, 5.41) is 18.3. The lowest BCUT2D eigenvalue weighted by Gasteiger charge is -2.33. The molecule has 1 unspecified atom stereocenters. The van der Waals surface area contributed by atoms with E-state index < -0.39 is 6.03 Å². The number of aromatic nitrogens is 2. The summed E-state index contributed by atoms with van der Waals surface area (Å²) in [5.74, 6) is 0.0366. The van der Waals surface area contributed by atoms with E-state index >= 15 is 0 Å². The van der Waals surface area contributed by atoms with Crippen LogP contribution in [0.2, 0.25) is 0 Å². The van der Waals surface area contributed by atoms with Crippen LogP contribution in [0.25, 0.3) is 0 Å². The third kappa shape index (κ3) is 4.85. The molecule has 1 aromatic carbocycles. The molecule has 1 saturated heterocycles. The minimum Gasteiger partial charge on any atom is -0.394 e. The minimum absolute atomic E-state index is 0.0193. The quantitative estimate of drug-likeness (QED) is 0.752. The van der Waals surface area contributed by atoms with E-state index in [1.54, 1.807) is 30.5 Å². The number of amides is 3. The van der Waals surface area contributed by atoms with E-state index in [4.69, 9.17) is 5.11 Å². The molecule has 0 aliphatic carbocycles. The van der Waals surface area contributed by atoms with Gasteiger partial charge in [-0.3, -0.25) is 9.48 Å². The molecule has 1 aliphatic rings. The lowest BCUT2D eigenvalue weighted by molar-refractivity contribution is 0.0635. The Kier molecular flexibility index (Phi) is 6.08. The van der Waals surface area contributed by atoms with Crippen LogP contribution in [0.3, 0.4) is 0 Å². The van der Waals surface area contributed by atoms with E-state index in [0.717, 1.165) is 19.4 Å². The lowest BCUT2D eigenvalue weighted by Crippen LogP contribution is -2.42. The highest BCUT2D eigenvalue weighted by Gasteiger charge is 2.24. The van der Waals surface area contributed by atoms with Gasteiger partial charge in [-0.25, -0.2) is 4.79 Å². The lowest BCUT2D eigenvalue weighted by atomic mass is 10.0.